The number of primary amides is 1. The van der Waals surface area contributed by atoms with Crippen molar-refractivity contribution in [3.8, 4) is 0 Å². The Kier molecular flexibility index (Phi) is 5.71. The molecule has 6 heteroatoms. The summed E-state index contributed by atoms with van der Waals surface area (Å²) in [5, 5.41) is 0. The van der Waals surface area contributed by atoms with E-state index in [4.69, 9.17) is 5.73 Å². The third kappa shape index (κ3) is 5.32. The fraction of sp³-hybridized carbons (Fsp3) is 0.381. The van der Waals surface area contributed by atoms with Crippen LogP contribution in [0.5, 0.6) is 0 Å². The normalized spacial score (nSPS) is 14.4. The lowest BCUT2D eigenvalue weighted by molar-refractivity contribution is -0.123. The van der Waals surface area contributed by atoms with Crippen molar-refractivity contribution in [2.75, 3.05) is 11.0 Å². The highest BCUT2D eigenvalue weighted by atomic mass is 32.2. The summed E-state index contributed by atoms with van der Waals surface area (Å²) in [5.41, 5.74) is 8.34. The number of nitrogens with two attached hydrogens (primary N) is 1. The second-order valence-corrected chi connectivity index (χ2v) is 10.0. The van der Waals surface area contributed by atoms with Gasteiger partial charge in [0.1, 0.15) is 0 Å². The second kappa shape index (κ2) is 7.35. The van der Waals surface area contributed by atoms with Gasteiger partial charge in [-0.05, 0) is 47.6 Å². The minimum absolute atomic E-state index is 0.0635. The third-order valence-corrected chi connectivity index (χ3v) is 5.35. The first kappa shape index (κ1) is 21.0. The van der Waals surface area contributed by atoms with Gasteiger partial charge in [0.05, 0.1) is 11.7 Å². The molecule has 146 valence electrons. The third-order valence-electron chi connectivity index (χ3n) is 4.75. The average molecular weight is 389 g/mol. The molecule has 0 fully saturated rings. The van der Waals surface area contributed by atoms with Crippen LogP contribution in [-0.2, 0) is 32.1 Å². The van der Waals surface area contributed by atoms with Crippen LogP contribution in [0.25, 0.3) is 0 Å². The molecule has 3 N–H and O–H groups in total. The van der Waals surface area contributed by atoms with E-state index >= 15 is 0 Å². The number of anilines is 1. The van der Waals surface area contributed by atoms with Crippen molar-refractivity contribution in [1.82, 2.24) is 0 Å². The summed E-state index contributed by atoms with van der Waals surface area (Å²) in [6.07, 6.45) is 1.56. The van der Waals surface area contributed by atoms with Crippen molar-refractivity contribution < 1.29 is 13.2 Å². The van der Waals surface area contributed by atoms with E-state index in [1.807, 2.05) is 19.1 Å². The summed E-state index contributed by atoms with van der Waals surface area (Å²) >= 11 is 0. The fourth-order valence-corrected chi connectivity index (χ4v) is 3.55. The number of hydrogen-bond donors (Lipinski definition) is 2. The summed E-state index contributed by atoms with van der Waals surface area (Å²) in [6.45, 7) is 8.27. The zero-order valence-corrected chi connectivity index (χ0v) is 17.4. The van der Waals surface area contributed by atoms with Crippen LogP contribution in [-0.4, -0.2) is 20.6 Å². The molecular weight excluding hydrogens is 360 g/mol. The van der Waals surface area contributed by atoms with Crippen LogP contribution in [0.15, 0.2) is 48.5 Å². The summed E-state index contributed by atoms with van der Waals surface area (Å²) in [4.78, 5) is 12.3. The number of carbonyl (C=O) groups is 1. The molecule has 0 heterocycles. The lowest BCUT2D eigenvalue weighted by atomic mass is 9.76. The second-order valence-electron chi connectivity index (χ2n) is 8.27. The maximum atomic E-state index is 12.3. The molecule has 1 unspecified atom stereocenters. The zero-order valence-electron chi connectivity index (χ0n) is 16.5. The topological polar surface area (TPSA) is 89.3 Å². The number of benzene rings is 2. The number of nitrogens with one attached hydrogen (secondary N) is 1. The molecule has 2 aromatic rings. The summed E-state index contributed by atoms with van der Waals surface area (Å²) in [7, 11) is -3.35. The lowest BCUT2D eigenvalue weighted by Gasteiger charge is -2.27. The Labute approximate surface area is 162 Å². The maximum Gasteiger partial charge on any atom is 0.229 e. The fourth-order valence-electron chi connectivity index (χ4n) is 2.98. The van der Waals surface area contributed by atoms with Gasteiger partial charge < -0.3 is 5.73 Å². The Bertz CT molecular complexity index is 911. The van der Waals surface area contributed by atoms with E-state index in [-0.39, 0.29) is 5.41 Å². The zero-order chi connectivity index (χ0) is 20.5. The van der Waals surface area contributed by atoms with Crippen molar-refractivity contribution >= 4 is 21.6 Å². The highest BCUT2D eigenvalue weighted by Crippen LogP contribution is 2.30. The predicted molar refractivity (Wildman–Crippen MR) is 110 cm³/mol. The Hall–Kier alpha value is -2.34. The molecule has 1 amide bonds. The van der Waals surface area contributed by atoms with E-state index in [0.29, 0.717) is 12.1 Å². The first-order valence-electron chi connectivity index (χ1n) is 8.79. The number of amides is 1. The Morgan fingerprint density at radius 2 is 1.41 bits per heavy atom. The molecule has 0 saturated heterocycles. The SMILES string of the molecule is CC(C)(C)c1ccc(CC(C)(C(N)=O)c2ccc(NS(C)(=O)=O)cc2)cc1. The lowest BCUT2D eigenvalue weighted by Crippen LogP contribution is -2.40. The Morgan fingerprint density at radius 3 is 1.81 bits per heavy atom. The van der Waals surface area contributed by atoms with Crippen LogP contribution in [0.4, 0.5) is 5.69 Å². The van der Waals surface area contributed by atoms with Gasteiger partial charge in [-0.3, -0.25) is 9.52 Å². The molecule has 1 atom stereocenters. The van der Waals surface area contributed by atoms with Crippen LogP contribution in [0, 0.1) is 0 Å². The summed E-state index contributed by atoms with van der Waals surface area (Å²) in [6, 6.07) is 15.0. The van der Waals surface area contributed by atoms with E-state index in [2.05, 4.69) is 37.6 Å². The van der Waals surface area contributed by atoms with Gasteiger partial charge >= 0.3 is 0 Å². The molecular formula is C21H28N2O3S. The molecule has 0 aliphatic rings. The van der Waals surface area contributed by atoms with Crippen molar-refractivity contribution in [2.24, 2.45) is 5.73 Å². The van der Waals surface area contributed by atoms with Crippen LogP contribution >= 0.6 is 0 Å². The number of sulfonamides is 1. The quantitative estimate of drug-likeness (QED) is 0.795. The minimum atomic E-state index is -3.35. The largest absolute Gasteiger partial charge is 0.369 e. The summed E-state index contributed by atoms with van der Waals surface area (Å²) in [5.74, 6) is -0.425. The molecule has 2 aromatic carbocycles. The van der Waals surface area contributed by atoms with E-state index in [1.54, 1.807) is 24.3 Å². The highest BCUT2D eigenvalue weighted by Gasteiger charge is 2.33. The standard InChI is InChI=1S/C21H28N2O3S/c1-20(2,3)16-8-6-15(7-9-16)14-21(4,19(22)24)17-10-12-18(13-11-17)23-27(5,25)26/h6-13,23H,14H2,1-5H3,(H2,22,24). The van der Waals surface area contributed by atoms with Crippen molar-refractivity contribution in [3.05, 3.63) is 65.2 Å². The van der Waals surface area contributed by atoms with Gasteiger partial charge in [0.25, 0.3) is 0 Å². The molecule has 0 aliphatic carbocycles. The number of rotatable bonds is 6. The first-order valence-corrected chi connectivity index (χ1v) is 10.7. The van der Waals surface area contributed by atoms with E-state index in [1.165, 1.54) is 5.56 Å². The molecule has 0 saturated carbocycles. The van der Waals surface area contributed by atoms with Gasteiger partial charge in [0, 0.05) is 5.69 Å². The smallest absolute Gasteiger partial charge is 0.229 e. The van der Waals surface area contributed by atoms with Crippen molar-refractivity contribution in [1.29, 1.82) is 0 Å². The molecule has 5 nitrogen and oxygen atoms in total. The highest BCUT2D eigenvalue weighted by molar-refractivity contribution is 7.92. The molecule has 27 heavy (non-hydrogen) atoms. The Balaban J connectivity index is 2.31. The Morgan fingerprint density at radius 1 is 0.926 bits per heavy atom. The van der Waals surface area contributed by atoms with Gasteiger partial charge in [-0.15, -0.1) is 0 Å². The first-order chi connectivity index (χ1) is 12.3. The van der Waals surface area contributed by atoms with E-state index in [0.717, 1.165) is 17.4 Å². The van der Waals surface area contributed by atoms with Gasteiger partial charge in [-0.25, -0.2) is 8.42 Å². The average Bonchev–Trinajstić information content (AvgIpc) is 2.53. The van der Waals surface area contributed by atoms with Crippen LogP contribution < -0.4 is 10.5 Å². The molecule has 2 rings (SSSR count). The van der Waals surface area contributed by atoms with Crippen LogP contribution in [0.2, 0.25) is 0 Å². The van der Waals surface area contributed by atoms with Gasteiger partial charge in [-0.2, -0.15) is 0 Å². The van der Waals surface area contributed by atoms with E-state index < -0.39 is 21.3 Å². The molecule has 0 bridgehead atoms. The van der Waals surface area contributed by atoms with Gasteiger partial charge in [-0.1, -0.05) is 57.2 Å². The van der Waals surface area contributed by atoms with Gasteiger partial charge in [0.15, 0.2) is 0 Å². The number of hydrogen-bond acceptors (Lipinski definition) is 3. The van der Waals surface area contributed by atoms with Crippen LogP contribution in [0.1, 0.15) is 44.4 Å². The summed E-state index contributed by atoms with van der Waals surface area (Å²) < 4.78 is 25.1. The monoisotopic (exact) mass is 388 g/mol. The van der Waals surface area contributed by atoms with Gasteiger partial charge in [0.2, 0.25) is 15.9 Å². The number of carbonyl (C=O) groups excluding carboxylic acids is 1. The minimum Gasteiger partial charge on any atom is -0.369 e. The van der Waals surface area contributed by atoms with Crippen molar-refractivity contribution in [2.45, 2.75) is 44.9 Å². The maximum absolute atomic E-state index is 12.3. The molecule has 0 radical (unpaired) electrons. The van der Waals surface area contributed by atoms with Crippen molar-refractivity contribution in [3.63, 3.8) is 0 Å². The molecule has 0 aromatic heterocycles. The van der Waals surface area contributed by atoms with Crippen LogP contribution in [0.3, 0.4) is 0 Å². The van der Waals surface area contributed by atoms with E-state index in [9.17, 15) is 13.2 Å². The molecule has 0 aliphatic heterocycles. The molecule has 0 spiro atoms. The predicted octanol–water partition coefficient (Wildman–Crippen LogP) is 3.34.